The van der Waals surface area contributed by atoms with Gasteiger partial charge in [-0.15, -0.1) is 0 Å². The summed E-state index contributed by atoms with van der Waals surface area (Å²) >= 11 is 0. The van der Waals surface area contributed by atoms with Gasteiger partial charge in [0.25, 0.3) is 0 Å². The van der Waals surface area contributed by atoms with Crippen LogP contribution in [0.2, 0.25) is 0 Å². The number of aliphatic imine (C=N–C) groups is 1. The standard InChI is InChI=1S/C19H17F3N6O/c1-28-5-4-16(24-10-28)26-15-8-17(23-9-13(15)19(20,21)22)25-12-2-3-14-11(6-12)7-18(29)27-14/h2-6,8-9H,7,10H2,1H3,(H,27,29)(H2,23,24,25,26). The number of hydrogen-bond donors (Lipinski definition) is 3. The topological polar surface area (TPSA) is 81.6 Å². The number of pyridine rings is 1. The number of carbonyl (C=O) groups is 1. The molecule has 0 spiro atoms. The molecule has 1 aromatic carbocycles. The highest BCUT2D eigenvalue weighted by atomic mass is 19.4. The first-order valence-electron chi connectivity index (χ1n) is 8.75. The summed E-state index contributed by atoms with van der Waals surface area (Å²) in [4.78, 5) is 21.4. The van der Waals surface area contributed by atoms with E-state index < -0.39 is 11.7 Å². The third-order valence-electron chi connectivity index (χ3n) is 4.43. The van der Waals surface area contributed by atoms with Gasteiger partial charge in [0, 0.05) is 36.9 Å². The maximum atomic E-state index is 13.4. The molecule has 1 aromatic heterocycles. The molecule has 0 unspecified atom stereocenters. The van der Waals surface area contributed by atoms with Gasteiger partial charge in [-0.25, -0.2) is 9.98 Å². The summed E-state index contributed by atoms with van der Waals surface area (Å²) < 4.78 is 40.2. The van der Waals surface area contributed by atoms with Crippen LogP contribution in [-0.2, 0) is 17.4 Å². The van der Waals surface area contributed by atoms with Gasteiger partial charge in [-0.1, -0.05) is 0 Å². The predicted molar refractivity (Wildman–Crippen MR) is 104 cm³/mol. The third-order valence-corrected chi connectivity index (χ3v) is 4.43. The Balaban J connectivity index is 1.61. The Labute approximate surface area is 164 Å². The number of benzene rings is 1. The predicted octanol–water partition coefficient (Wildman–Crippen LogP) is 3.57. The van der Waals surface area contributed by atoms with Gasteiger partial charge in [0.15, 0.2) is 0 Å². The molecule has 0 saturated heterocycles. The lowest BCUT2D eigenvalue weighted by Gasteiger charge is -2.20. The fraction of sp³-hybridized carbons (Fsp3) is 0.211. The van der Waals surface area contributed by atoms with Gasteiger partial charge in [-0.05, 0) is 29.8 Å². The van der Waals surface area contributed by atoms with E-state index in [1.165, 1.54) is 6.07 Å². The van der Waals surface area contributed by atoms with E-state index >= 15 is 0 Å². The average molecular weight is 402 g/mol. The van der Waals surface area contributed by atoms with E-state index in [0.29, 0.717) is 18.2 Å². The van der Waals surface area contributed by atoms with Crippen LogP contribution >= 0.6 is 0 Å². The van der Waals surface area contributed by atoms with Crippen LogP contribution in [0.15, 0.2) is 47.7 Å². The van der Waals surface area contributed by atoms with Crippen molar-refractivity contribution in [2.75, 3.05) is 29.7 Å². The number of anilines is 4. The number of halogens is 3. The summed E-state index contributed by atoms with van der Waals surface area (Å²) in [7, 11) is 1.81. The molecule has 3 N–H and O–H groups in total. The van der Waals surface area contributed by atoms with Crippen molar-refractivity contribution in [1.29, 1.82) is 0 Å². The van der Waals surface area contributed by atoms with Gasteiger partial charge in [0.05, 0.1) is 17.7 Å². The molecule has 29 heavy (non-hydrogen) atoms. The summed E-state index contributed by atoms with van der Waals surface area (Å²) in [6, 6.07) is 6.52. The number of fused-ring (bicyclic) bond motifs is 1. The van der Waals surface area contributed by atoms with E-state index in [-0.39, 0.29) is 23.8 Å². The fourth-order valence-electron chi connectivity index (χ4n) is 3.01. The quantitative estimate of drug-likeness (QED) is 0.731. The lowest BCUT2D eigenvalue weighted by atomic mass is 10.1. The zero-order chi connectivity index (χ0) is 20.6. The number of rotatable bonds is 3. The number of nitrogens with one attached hydrogen (secondary N) is 3. The first-order valence-corrected chi connectivity index (χ1v) is 8.75. The van der Waals surface area contributed by atoms with Crippen LogP contribution in [0.25, 0.3) is 0 Å². The molecule has 1 amide bonds. The van der Waals surface area contributed by atoms with Crippen LogP contribution in [0, 0.1) is 0 Å². The monoisotopic (exact) mass is 402 g/mol. The second-order valence-corrected chi connectivity index (χ2v) is 6.72. The summed E-state index contributed by atoms with van der Waals surface area (Å²) in [5.41, 5.74) is 1.13. The van der Waals surface area contributed by atoms with Crippen molar-refractivity contribution in [3.05, 3.63) is 53.9 Å². The summed E-state index contributed by atoms with van der Waals surface area (Å²) in [6.07, 6.45) is -0.200. The summed E-state index contributed by atoms with van der Waals surface area (Å²) in [6.45, 7) is 0.345. The van der Waals surface area contributed by atoms with Gasteiger partial charge in [-0.3, -0.25) is 4.79 Å². The van der Waals surface area contributed by atoms with Gasteiger partial charge >= 0.3 is 6.18 Å². The lowest BCUT2D eigenvalue weighted by Crippen LogP contribution is -2.22. The average Bonchev–Trinajstić information content (AvgIpc) is 3.02. The fourth-order valence-corrected chi connectivity index (χ4v) is 3.01. The largest absolute Gasteiger partial charge is 0.419 e. The molecule has 4 rings (SSSR count). The summed E-state index contributed by atoms with van der Waals surface area (Å²) in [5.74, 6) is 0.464. The number of nitrogens with zero attached hydrogens (tertiary/aromatic N) is 3. The Kier molecular flexibility index (Phi) is 4.61. The van der Waals surface area contributed by atoms with Crippen LogP contribution in [0.3, 0.4) is 0 Å². The number of hydrogen-bond acceptors (Lipinski definition) is 6. The molecule has 0 fully saturated rings. The molecular weight excluding hydrogens is 385 g/mol. The van der Waals surface area contributed by atoms with Crippen LogP contribution < -0.4 is 16.0 Å². The van der Waals surface area contributed by atoms with Gasteiger partial charge < -0.3 is 20.9 Å². The van der Waals surface area contributed by atoms with Crippen molar-refractivity contribution in [3.63, 3.8) is 0 Å². The van der Waals surface area contributed by atoms with Crippen molar-refractivity contribution in [2.45, 2.75) is 12.6 Å². The smallest absolute Gasteiger partial charge is 0.361 e. The molecule has 7 nitrogen and oxygen atoms in total. The Bertz CT molecular complexity index is 1030. The molecule has 150 valence electrons. The molecule has 0 saturated carbocycles. The first-order chi connectivity index (χ1) is 13.8. The molecular formula is C19H17F3N6O. The van der Waals surface area contributed by atoms with Crippen molar-refractivity contribution in [1.82, 2.24) is 9.88 Å². The van der Waals surface area contributed by atoms with E-state index in [1.807, 2.05) is 7.05 Å². The molecule has 0 aliphatic carbocycles. The second kappa shape index (κ2) is 7.12. The summed E-state index contributed by atoms with van der Waals surface area (Å²) in [5, 5.41) is 8.45. The minimum atomic E-state index is -4.57. The SMILES string of the molecule is CN1C=CC(Nc2cc(Nc3ccc4c(c3)CC(=O)N4)ncc2C(F)(F)F)=NC1. The van der Waals surface area contributed by atoms with Crippen molar-refractivity contribution >= 4 is 34.6 Å². The highest BCUT2D eigenvalue weighted by Gasteiger charge is 2.34. The van der Waals surface area contributed by atoms with Crippen LogP contribution in [0.1, 0.15) is 11.1 Å². The van der Waals surface area contributed by atoms with Gasteiger partial charge in [0.1, 0.15) is 18.3 Å². The molecule has 0 bridgehead atoms. The van der Waals surface area contributed by atoms with Crippen molar-refractivity contribution < 1.29 is 18.0 Å². The lowest BCUT2D eigenvalue weighted by molar-refractivity contribution is -0.137. The molecule has 2 aromatic rings. The third kappa shape index (κ3) is 4.15. The molecule has 2 aliphatic heterocycles. The van der Waals surface area contributed by atoms with Crippen LogP contribution in [0.4, 0.5) is 36.1 Å². The Morgan fingerprint density at radius 3 is 2.76 bits per heavy atom. The molecule has 0 radical (unpaired) electrons. The Morgan fingerprint density at radius 2 is 2.03 bits per heavy atom. The number of amides is 1. The van der Waals surface area contributed by atoms with Gasteiger partial charge in [-0.2, -0.15) is 13.2 Å². The second-order valence-electron chi connectivity index (χ2n) is 6.72. The maximum absolute atomic E-state index is 13.4. The van der Waals surface area contributed by atoms with Crippen molar-refractivity contribution in [2.24, 2.45) is 4.99 Å². The molecule has 2 aliphatic rings. The van der Waals surface area contributed by atoms with Gasteiger partial charge in [0.2, 0.25) is 5.91 Å². The number of alkyl halides is 3. The number of amidine groups is 1. The van der Waals surface area contributed by atoms with Crippen LogP contribution in [-0.4, -0.2) is 35.3 Å². The molecule has 3 heterocycles. The zero-order valence-corrected chi connectivity index (χ0v) is 15.3. The minimum absolute atomic E-state index is 0.0942. The number of carbonyl (C=O) groups excluding carboxylic acids is 1. The van der Waals surface area contributed by atoms with Crippen molar-refractivity contribution in [3.8, 4) is 0 Å². The highest BCUT2D eigenvalue weighted by molar-refractivity contribution is 6.04. The minimum Gasteiger partial charge on any atom is -0.361 e. The van der Waals surface area contributed by atoms with E-state index in [0.717, 1.165) is 17.4 Å². The zero-order valence-electron chi connectivity index (χ0n) is 15.3. The van der Waals surface area contributed by atoms with E-state index in [2.05, 4.69) is 25.9 Å². The Hall–Kier alpha value is -3.56. The maximum Gasteiger partial charge on any atom is 0.419 e. The van der Waals surface area contributed by atoms with E-state index in [1.54, 1.807) is 35.4 Å². The van der Waals surface area contributed by atoms with E-state index in [9.17, 15) is 18.0 Å². The first kappa shape index (κ1) is 18.8. The molecule has 10 heteroatoms. The number of aromatic nitrogens is 1. The molecule has 0 atom stereocenters. The van der Waals surface area contributed by atoms with Crippen LogP contribution in [0.5, 0.6) is 0 Å². The highest BCUT2D eigenvalue weighted by Crippen LogP contribution is 2.36. The normalized spacial score (nSPS) is 15.7. The Morgan fingerprint density at radius 1 is 1.21 bits per heavy atom. The van der Waals surface area contributed by atoms with E-state index in [4.69, 9.17) is 0 Å².